The zero-order valence-corrected chi connectivity index (χ0v) is 22.0. The minimum absolute atomic E-state index is 0.00592. The number of anilines is 1. The molecule has 1 aliphatic carbocycles. The van der Waals surface area contributed by atoms with Crippen LogP contribution in [0.2, 0.25) is 0 Å². The van der Waals surface area contributed by atoms with Crippen molar-refractivity contribution in [3.63, 3.8) is 0 Å². The second-order valence-corrected chi connectivity index (χ2v) is 9.53. The van der Waals surface area contributed by atoms with Crippen molar-refractivity contribution >= 4 is 25.0 Å². The zero-order chi connectivity index (χ0) is 26.5. The van der Waals surface area contributed by atoms with E-state index in [1.54, 1.807) is 7.11 Å². The largest absolute Gasteiger partial charge is 0.496 e. The molecule has 1 saturated carbocycles. The standard InChI is InChI=1S/C30H34BFN2O3/c1-5-34(19(2)33-28-9-7-6-8-26(28)31)18-22-16-21(24-17-27(24)32)11-12-23(22)25-14-20(15-30(35)37-4)10-13-29(25)36-3/h6-14,16,19,24,27,33H,5,15,17-18H2,1-4H3/t19?,24?,27-/m1/s1. The van der Waals surface area contributed by atoms with E-state index in [2.05, 4.69) is 36.2 Å². The number of nitrogens with zero attached hydrogens (tertiary/aromatic N) is 1. The van der Waals surface area contributed by atoms with E-state index in [1.165, 1.54) is 7.11 Å². The number of alkyl halides is 1. The number of carbonyl (C=O) groups is 1. The number of methoxy groups -OCH3 is 2. The number of nitrogens with one attached hydrogen (secondary N) is 1. The van der Waals surface area contributed by atoms with E-state index in [4.69, 9.17) is 17.3 Å². The summed E-state index contributed by atoms with van der Waals surface area (Å²) in [6.45, 7) is 5.65. The summed E-state index contributed by atoms with van der Waals surface area (Å²) in [6.07, 6.45) is -0.0406. The SMILES string of the molecule is [B]c1ccccc1NC(C)N(CC)Cc1cc(C2C[C@H]2F)ccc1-c1cc(CC(=O)OC)ccc1OC. The molecule has 0 aliphatic heterocycles. The summed E-state index contributed by atoms with van der Waals surface area (Å²) in [6, 6.07) is 19.6. The summed E-state index contributed by atoms with van der Waals surface area (Å²) in [7, 11) is 9.19. The van der Waals surface area contributed by atoms with Gasteiger partial charge in [0.2, 0.25) is 0 Å². The summed E-state index contributed by atoms with van der Waals surface area (Å²) in [5.74, 6) is 0.366. The van der Waals surface area contributed by atoms with Gasteiger partial charge in [0, 0.05) is 23.7 Å². The Balaban J connectivity index is 1.70. The van der Waals surface area contributed by atoms with Crippen LogP contribution in [-0.2, 0) is 22.5 Å². The van der Waals surface area contributed by atoms with Crippen molar-refractivity contribution < 1.29 is 18.7 Å². The molecular formula is C30H34BFN2O3. The van der Waals surface area contributed by atoms with Crippen LogP contribution >= 0.6 is 0 Å². The van der Waals surface area contributed by atoms with Crippen LogP contribution in [0.3, 0.4) is 0 Å². The topological polar surface area (TPSA) is 50.8 Å². The number of hydrogen-bond donors (Lipinski definition) is 1. The van der Waals surface area contributed by atoms with Crippen molar-refractivity contribution in [1.29, 1.82) is 0 Å². The molecule has 7 heteroatoms. The molecule has 3 aromatic carbocycles. The average molecular weight is 500 g/mol. The first-order valence-electron chi connectivity index (χ1n) is 12.7. The summed E-state index contributed by atoms with van der Waals surface area (Å²) in [5, 5.41) is 3.52. The molecule has 2 radical (unpaired) electrons. The van der Waals surface area contributed by atoms with Crippen molar-refractivity contribution in [1.82, 2.24) is 4.90 Å². The Kier molecular flexibility index (Phi) is 8.54. The van der Waals surface area contributed by atoms with E-state index >= 15 is 0 Å². The predicted molar refractivity (Wildman–Crippen MR) is 147 cm³/mol. The molecule has 1 N–H and O–H groups in total. The van der Waals surface area contributed by atoms with Crippen LogP contribution in [0.4, 0.5) is 10.1 Å². The second-order valence-electron chi connectivity index (χ2n) is 9.53. The number of rotatable bonds is 11. The van der Waals surface area contributed by atoms with E-state index in [0.29, 0.717) is 24.2 Å². The minimum atomic E-state index is -0.777. The first-order valence-corrected chi connectivity index (χ1v) is 12.7. The Hall–Kier alpha value is -3.32. The lowest BCUT2D eigenvalue weighted by atomic mass is 9.93. The summed E-state index contributed by atoms with van der Waals surface area (Å²) < 4.78 is 24.5. The quantitative estimate of drug-likeness (QED) is 0.229. The van der Waals surface area contributed by atoms with Gasteiger partial charge in [-0.05, 0) is 60.3 Å². The Morgan fingerprint density at radius 3 is 2.54 bits per heavy atom. The molecule has 37 heavy (non-hydrogen) atoms. The first kappa shape index (κ1) is 26.7. The first-order chi connectivity index (χ1) is 17.8. The Morgan fingerprint density at radius 1 is 1.14 bits per heavy atom. The van der Waals surface area contributed by atoms with Crippen LogP contribution in [0.15, 0.2) is 60.7 Å². The van der Waals surface area contributed by atoms with E-state index in [-0.39, 0.29) is 24.5 Å². The molecule has 0 aromatic heterocycles. The Bertz CT molecular complexity index is 1250. The molecule has 0 spiro atoms. The highest BCUT2D eigenvalue weighted by Crippen LogP contribution is 2.45. The van der Waals surface area contributed by atoms with Crippen LogP contribution in [0.25, 0.3) is 11.1 Å². The van der Waals surface area contributed by atoms with Gasteiger partial charge in [-0.25, -0.2) is 4.39 Å². The lowest BCUT2D eigenvalue weighted by molar-refractivity contribution is -0.139. The van der Waals surface area contributed by atoms with Gasteiger partial charge < -0.3 is 14.8 Å². The Morgan fingerprint density at radius 2 is 1.89 bits per heavy atom. The molecule has 0 bridgehead atoms. The number of esters is 1. The zero-order valence-electron chi connectivity index (χ0n) is 22.0. The normalized spacial score (nSPS) is 17.4. The fourth-order valence-corrected chi connectivity index (χ4v) is 4.75. The molecule has 4 rings (SSSR count). The van der Waals surface area contributed by atoms with Gasteiger partial charge in [-0.15, -0.1) is 0 Å². The molecule has 2 unspecified atom stereocenters. The van der Waals surface area contributed by atoms with E-state index in [9.17, 15) is 9.18 Å². The lowest BCUT2D eigenvalue weighted by Gasteiger charge is -2.31. The molecule has 1 fully saturated rings. The molecule has 3 aromatic rings. The smallest absolute Gasteiger partial charge is 0.309 e. The maximum absolute atomic E-state index is 14.0. The van der Waals surface area contributed by atoms with Gasteiger partial charge in [0.25, 0.3) is 0 Å². The monoisotopic (exact) mass is 500 g/mol. The van der Waals surface area contributed by atoms with Gasteiger partial charge in [0.05, 0.1) is 26.8 Å². The summed E-state index contributed by atoms with van der Waals surface area (Å²) in [5.41, 5.74) is 6.39. The highest BCUT2D eigenvalue weighted by atomic mass is 19.1. The number of ether oxygens (including phenoxy) is 2. The van der Waals surface area contributed by atoms with E-state index in [1.807, 2.05) is 48.5 Å². The van der Waals surface area contributed by atoms with Gasteiger partial charge in [-0.1, -0.05) is 54.9 Å². The van der Waals surface area contributed by atoms with Crippen LogP contribution in [0.5, 0.6) is 5.75 Å². The van der Waals surface area contributed by atoms with E-state index in [0.717, 1.165) is 40.0 Å². The van der Waals surface area contributed by atoms with Gasteiger partial charge in [0.1, 0.15) is 19.8 Å². The molecule has 0 heterocycles. The molecular weight excluding hydrogens is 466 g/mol. The lowest BCUT2D eigenvalue weighted by Crippen LogP contribution is -2.39. The van der Waals surface area contributed by atoms with Gasteiger partial charge in [-0.3, -0.25) is 9.69 Å². The van der Waals surface area contributed by atoms with E-state index < -0.39 is 6.17 Å². The van der Waals surface area contributed by atoms with Gasteiger partial charge >= 0.3 is 5.97 Å². The minimum Gasteiger partial charge on any atom is -0.496 e. The number of halogens is 1. The van der Waals surface area contributed by atoms with Crippen molar-refractivity contribution in [3.05, 3.63) is 77.4 Å². The highest BCUT2D eigenvalue weighted by Gasteiger charge is 2.39. The molecule has 3 atom stereocenters. The van der Waals surface area contributed by atoms with Gasteiger partial charge in [-0.2, -0.15) is 0 Å². The maximum atomic E-state index is 14.0. The molecule has 5 nitrogen and oxygen atoms in total. The molecule has 0 saturated heterocycles. The number of hydrogen-bond acceptors (Lipinski definition) is 5. The van der Waals surface area contributed by atoms with Crippen molar-refractivity contribution in [3.8, 4) is 16.9 Å². The number of benzene rings is 3. The predicted octanol–water partition coefficient (Wildman–Crippen LogP) is 4.98. The number of carbonyl (C=O) groups excluding carboxylic acids is 1. The van der Waals surface area contributed by atoms with Crippen molar-refractivity contribution in [2.24, 2.45) is 0 Å². The summed E-state index contributed by atoms with van der Waals surface area (Å²) >= 11 is 0. The van der Waals surface area contributed by atoms with Crippen LogP contribution < -0.4 is 15.5 Å². The molecule has 0 amide bonds. The third-order valence-corrected chi connectivity index (χ3v) is 7.05. The maximum Gasteiger partial charge on any atom is 0.309 e. The third kappa shape index (κ3) is 6.34. The Labute approximate surface area is 220 Å². The average Bonchev–Trinajstić information content (AvgIpc) is 3.64. The molecule has 192 valence electrons. The second kappa shape index (κ2) is 11.8. The van der Waals surface area contributed by atoms with Gasteiger partial charge in [0.15, 0.2) is 0 Å². The van der Waals surface area contributed by atoms with Crippen molar-refractivity contribution in [2.75, 3.05) is 26.1 Å². The molecule has 1 aliphatic rings. The number of para-hydroxylation sites is 1. The summed E-state index contributed by atoms with van der Waals surface area (Å²) in [4.78, 5) is 14.2. The fourth-order valence-electron chi connectivity index (χ4n) is 4.75. The fraction of sp³-hybridized carbons (Fsp3) is 0.367. The van der Waals surface area contributed by atoms with Crippen molar-refractivity contribution in [2.45, 2.75) is 51.5 Å². The van der Waals surface area contributed by atoms with Crippen LogP contribution in [0, 0.1) is 0 Å². The van der Waals surface area contributed by atoms with Crippen LogP contribution in [0.1, 0.15) is 42.9 Å². The van der Waals surface area contributed by atoms with Crippen LogP contribution in [-0.4, -0.2) is 51.8 Å². The third-order valence-electron chi connectivity index (χ3n) is 7.05. The highest BCUT2D eigenvalue weighted by molar-refractivity contribution is 6.35.